The van der Waals surface area contributed by atoms with Gasteiger partial charge in [0.25, 0.3) is 0 Å². The van der Waals surface area contributed by atoms with Gasteiger partial charge in [0.15, 0.2) is 5.43 Å². The Hall–Kier alpha value is -4.00. The summed E-state index contributed by atoms with van der Waals surface area (Å²) in [6, 6.07) is 12.6. The average molecular weight is 486 g/mol. The molecule has 0 amide bonds. The molecule has 7 nitrogen and oxygen atoms in total. The summed E-state index contributed by atoms with van der Waals surface area (Å²) < 4.78 is 16.7. The second kappa shape index (κ2) is 9.57. The SMILES string of the molecule is COc1ccc(COC(=O)C2=C(C)N=C3CCCC(=O)C3[C@@H]2c2coc3ccc(C)cc3c2=O)cc1. The van der Waals surface area contributed by atoms with Gasteiger partial charge in [-0.3, -0.25) is 14.6 Å². The number of benzene rings is 2. The summed E-state index contributed by atoms with van der Waals surface area (Å²) in [6.07, 6.45) is 3.12. The molecule has 0 N–H and O–H groups in total. The van der Waals surface area contributed by atoms with Gasteiger partial charge in [-0.2, -0.15) is 0 Å². The summed E-state index contributed by atoms with van der Waals surface area (Å²) in [5, 5.41) is 0.420. The first-order valence-electron chi connectivity index (χ1n) is 12.0. The number of aliphatic imine (C=N–C) groups is 1. The van der Waals surface area contributed by atoms with E-state index in [9.17, 15) is 14.4 Å². The molecule has 0 bridgehead atoms. The van der Waals surface area contributed by atoms with E-state index in [1.165, 1.54) is 6.26 Å². The number of ether oxygens (including phenoxy) is 2. The van der Waals surface area contributed by atoms with Crippen LogP contribution in [-0.2, 0) is 20.9 Å². The van der Waals surface area contributed by atoms with Gasteiger partial charge in [-0.05, 0) is 56.5 Å². The van der Waals surface area contributed by atoms with Gasteiger partial charge >= 0.3 is 5.97 Å². The van der Waals surface area contributed by atoms with Crippen molar-refractivity contribution in [3.8, 4) is 5.75 Å². The minimum absolute atomic E-state index is 0.0262. The van der Waals surface area contributed by atoms with Crippen LogP contribution in [0.5, 0.6) is 5.75 Å². The lowest BCUT2D eigenvalue weighted by molar-refractivity contribution is -0.140. The molecule has 7 heteroatoms. The highest BCUT2D eigenvalue weighted by Gasteiger charge is 2.45. The van der Waals surface area contributed by atoms with Crippen LogP contribution in [0, 0.1) is 12.8 Å². The zero-order chi connectivity index (χ0) is 25.4. The number of esters is 1. The molecule has 0 spiro atoms. The van der Waals surface area contributed by atoms with E-state index in [0.717, 1.165) is 11.1 Å². The molecule has 0 saturated heterocycles. The molecule has 2 aromatic carbocycles. The number of hydrogen-bond acceptors (Lipinski definition) is 7. The monoisotopic (exact) mass is 485 g/mol. The van der Waals surface area contributed by atoms with Gasteiger partial charge in [0, 0.05) is 29.3 Å². The van der Waals surface area contributed by atoms with Gasteiger partial charge in [-0.1, -0.05) is 23.8 Å². The summed E-state index contributed by atoms with van der Waals surface area (Å²) >= 11 is 0. The Bertz CT molecular complexity index is 1480. The van der Waals surface area contributed by atoms with Crippen LogP contribution in [0.25, 0.3) is 11.0 Å². The molecule has 2 heterocycles. The highest BCUT2D eigenvalue weighted by molar-refractivity contribution is 6.11. The molecule has 1 aromatic heterocycles. The Morgan fingerprint density at radius 3 is 2.58 bits per heavy atom. The molecule has 5 rings (SSSR count). The summed E-state index contributed by atoms with van der Waals surface area (Å²) in [5.74, 6) is -1.42. The smallest absolute Gasteiger partial charge is 0.336 e. The quantitative estimate of drug-likeness (QED) is 0.470. The molecule has 36 heavy (non-hydrogen) atoms. The largest absolute Gasteiger partial charge is 0.497 e. The lowest BCUT2D eigenvalue weighted by Crippen LogP contribution is -2.40. The summed E-state index contributed by atoms with van der Waals surface area (Å²) in [5.41, 5.74) is 3.58. The molecule has 1 aliphatic heterocycles. The molecule has 1 fully saturated rings. The number of ketones is 1. The van der Waals surface area contributed by atoms with Crippen molar-refractivity contribution in [2.75, 3.05) is 7.11 Å². The van der Waals surface area contributed by atoms with Gasteiger partial charge in [-0.15, -0.1) is 0 Å². The highest BCUT2D eigenvalue weighted by atomic mass is 16.5. The minimum atomic E-state index is -0.810. The van der Waals surface area contributed by atoms with Crippen molar-refractivity contribution in [2.45, 2.75) is 45.6 Å². The molecule has 2 aliphatic rings. The fraction of sp³-hybridized carbons (Fsp3) is 0.310. The number of nitrogens with zero attached hydrogens (tertiary/aromatic N) is 1. The van der Waals surface area contributed by atoms with Crippen molar-refractivity contribution in [3.05, 3.63) is 86.9 Å². The number of methoxy groups -OCH3 is 1. The van der Waals surface area contributed by atoms with Crippen LogP contribution in [0.1, 0.15) is 48.8 Å². The zero-order valence-corrected chi connectivity index (χ0v) is 20.5. The van der Waals surface area contributed by atoms with Crippen molar-refractivity contribution in [1.29, 1.82) is 0 Å². The van der Waals surface area contributed by atoms with E-state index >= 15 is 0 Å². The summed E-state index contributed by atoms with van der Waals surface area (Å²) in [6.45, 7) is 3.66. The maximum Gasteiger partial charge on any atom is 0.336 e. The molecule has 1 saturated carbocycles. The second-order valence-corrected chi connectivity index (χ2v) is 9.32. The molecule has 3 aromatic rings. The van der Waals surface area contributed by atoms with Crippen LogP contribution in [0.2, 0.25) is 0 Å². The Balaban J connectivity index is 1.57. The average Bonchev–Trinajstić information content (AvgIpc) is 2.87. The van der Waals surface area contributed by atoms with Crippen LogP contribution in [-0.4, -0.2) is 24.6 Å². The van der Waals surface area contributed by atoms with Gasteiger partial charge in [-0.25, -0.2) is 4.79 Å². The number of rotatable bonds is 5. The number of carbonyl (C=O) groups is 2. The van der Waals surface area contributed by atoms with Crippen LogP contribution in [0.3, 0.4) is 0 Å². The van der Waals surface area contributed by atoms with E-state index < -0.39 is 17.8 Å². The first kappa shape index (κ1) is 23.7. The molecule has 2 atom stereocenters. The van der Waals surface area contributed by atoms with E-state index in [0.29, 0.717) is 47.4 Å². The van der Waals surface area contributed by atoms with Gasteiger partial charge in [0.2, 0.25) is 0 Å². The van der Waals surface area contributed by atoms with E-state index in [-0.39, 0.29) is 29.0 Å². The number of Topliss-reactive ketones (excluding diaryl/α,β-unsaturated/α-hetero) is 1. The third-order valence-corrected chi connectivity index (χ3v) is 6.95. The third-order valence-electron chi connectivity index (χ3n) is 6.95. The zero-order valence-electron chi connectivity index (χ0n) is 20.5. The molecule has 1 unspecified atom stereocenters. The second-order valence-electron chi connectivity index (χ2n) is 9.32. The molecule has 0 radical (unpaired) electrons. The van der Waals surface area contributed by atoms with Crippen molar-refractivity contribution >= 4 is 28.4 Å². The van der Waals surface area contributed by atoms with E-state index in [2.05, 4.69) is 4.99 Å². The number of aryl methyl sites for hydroxylation is 1. The van der Waals surface area contributed by atoms with Crippen molar-refractivity contribution in [1.82, 2.24) is 0 Å². The lowest BCUT2D eigenvalue weighted by Gasteiger charge is -2.35. The van der Waals surface area contributed by atoms with Crippen LogP contribution < -0.4 is 10.2 Å². The van der Waals surface area contributed by atoms with E-state index in [1.807, 2.05) is 25.1 Å². The van der Waals surface area contributed by atoms with Crippen molar-refractivity contribution < 1.29 is 23.5 Å². The minimum Gasteiger partial charge on any atom is -0.497 e. The number of carbonyl (C=O) groups excluding carboxylic acids is 2. The number of hydrogen-bond donors (Lipinski definition) is 0. The van der Waals surface area contributed by atoms with Gasteiger partial charge in [0.05, 0.1) is 30.3 Å². The van der Waals surface area contributed by atoms with Crippen LogP contribution in [0.4, 0.5) is 0 Å². The molecule has 1 aliphatic carbocycles. The highest BCUT2D eigenvalue weighted by Crippen LogP contribution is 2.42. The Morgan fingerprint density at radius 1 is 1.06 bits per heavy atom. The normalized spacial score (nSPS) is 19.6. The van der Waals surface area contributed by atoms with Gasteiger partial charge in [0.1, 0.15) is 23.7 Å². The first-order chi connectivity index (χ1) is 17.4. The van der Waals surface area contributed by atoms with Crippen molar-refractivity contribution in [3.63, 3.8) is 0 Å². The van der Waals surface area contributed by atoms with Crippen molar-refractivity contribution in [2.24, 2.45) is 10.9 Å². The Morgan fingerprint density at radius 2 is 1.83 bits per heavy atom. The fourth-order valence-corrected chi connectivity index (χ4v) is 5.14. The predicted octanol–water partition coefficient (Wildman–Crippen LogP) is 5.03. The summed E-state index contributed by atoms with van der Waals surface area (Å²) in [7, 11) is 1.58. The van der Waals surface area contributed by atoms with E-state index in [4.69, 9.17) is 13.9 Å². The topological polar surface area (TPSA) is 95.2 Å². The van der Waals surface area contributed by atoms with Crippen LogP contribution in [0.15, 0.2) is 74.2 Å². The number of fused-ring (bicyclic) bond motifs is 2. The number of allylic oxidation sites excluding steroid dienone is 1. The van der Waals surface area contributed by atoms with Crippen LogP contribution >= 0.6 is 0 Å². The summed E-state index contributed by atoms with van der Waals surface area (Å²) in [4.78, 5) is 45.0. The first-order valence-corrected chi connectivity index (χ1v) is 12.0. The standard InChI is InChI=1S/C29H27NO6/c1-16-7-12-24-20(13-16)28(32)21(15-35-24)26-25(17(2)30-22-5-4-6-23(31)27(22)26)29(33)36-14-18-8-10-19(34-3)11-9-18/h7-13,15,26-27H,4-6,14H2,1-3H3/t26-,27?/m1/s1. The van der Waals surface area contributed by atoms with E-state index in [1.54, 1.807) is 38.3 Å². The predicted molar refractivity (Wildman–Crippen MR) is 135 cm³/mol. The molecular weight excluding hydrogens is 458 g/mol. The maximum absolute atomic E-state index is 13.7. The molecular formula is C29H27NO6. The Kier molecular flexibility index (Phi) is 6.31. The third kappa shape index (κ3) is 4.26. The fourth-order valence-electron chi connectivity index (χ4n) is 5.14. The Labute approximate surface area is 208 Å². The lowest BCUT2D eigenvalue weighted by atomic mass is 9.69. The maximum atomic E-state index is 13.7. The van der Waals surface area contributed by atoms with Gasteiger partial charge < -0.3 is 13.9 Å². The molecule has 184 valence electrons.